The zero-order valence-electron chi connectivity index (χ0n) is 13.5. The first-order valence-corrected chi connectivity index (χ1v) is 8.10. The van der Waals surface area contributed by atoms with Crippen LogP contribution in [0, 0.1) is 0 Å². The van der Waals surface area contributed by atoms with Crippen LogP contribution in [0.2, 0.25) is 0 Å². The molecule has 1 saturated heterocycles. The minimum atomic E-state index is -0.173. The molecule has 2 aromatic rings. The van der Waals surface area contributed by atoms with Crippen LogP contribution in [-0.4, -0.2) is 54.8 Å². The Morgan fingerprint density at radius 3 is 2.58 bits per heavy atom. The van der Waals surface area contributed by atoms with E-state index in [4.69, 9.17) is 4.74 Å². The van der Waals surface area contributed by atoms with Gasteiger partial charge in [0, 0.05) is 44.1 Å². The number of amides is 1. The van der Waals surface area contributed by atoms with Crippen LogP contribution in [0.15, 0.2) is 53.5 Å². The Balaban J connectivity index is 1.63. The number of carbonyl (C=O) groups excluding carboxylic acids is 1. The van der Waals surface area contributed by atoms with Gasteiger partial charge in [-0.05, 0) is 18.2 Å². The molecule has 1 amide bonds. The Bertz CT molecular complexity index is 737. The fraction of sp³-hybridized carbons (Fsp3) is 0.333. The molecular weight excluding hydrogens is 306 g/mol. The molecule has 1 aromatic carbocycles. The minimum Gasteiger partial charge on any atom is -0.379 e. The van der Waals surface area contributed by atoms with Gasteiger partial charge < -0.3 is 10.1 Å². The summed E-state index contributed by atoms with van der Waals surface area (Å²) < 4.78 is 6.78. The third kappa shape index (κ3) is 4.10. The second-order valence-corrected chi connectivity index (χ2v) is 5.67. The fourth-order valence-corrected chi connectivity index (χ4v) is 2.67. The van der Waals surface area contributed by atoms with Gasteiger partial charge in [0.1, 0.15) is 0 Å². The SMILES string of the molecule is O=C(NCCN1CCOCC1)c1ccc(=O)n(-c2ccccc2)c1. The molecule has 2 heterocycles. The molecule has 1 N–H and O–H groups in total. The number of benzene rings is 1. The van der Waals surface area contributed by atoms with Crippen molar-refractivity contribution in [1.82, 2.24) is 14.8 Å². The number of nitrogens with one attached hydrogen (secondary N) is 1. The van der Waals surface area contributed by atoms with Gasteiger partial charge in [-0.2, -0.15) is 0 Å². The van der Waals surface area contributed by atoms with Gasteiger partial charge >= 0.3 is 0 Å². The Kier molecular flexibility index (Phi) is 5.40. The summed E-state index contributed by atoms with van der Waals surface area (Å²) in [5, 5.41) is 2.91. The van der Waals surface area contributed by atoms with Crippen molar-refractivity contribution in [2.45, 2.75) is 0 Å². The van der Waals surface area contributed by atoms with Crippen LogP contribution < -0.4 is 10.9 Å². The average molecular weight is 327 g/mol. The Morgan fingerprint density at radius 2 is 1.83 bits per heavy atom. The maximum absolute atomic E-state index is 12.3. The first-order chi connectivity index (χ1) is 11.7. The first kappa shape index (κ1) is 16.4. The van der Waals surface area contributed by atoms with Gasteiger partial charge in [0.25, 0.3) is 11.5 Å². The molecule has 24 heavy (non-hydrogen) atoms. The quantitative estimate of drug-likeness (QED) is 0.886. The van der Waals surface area contributed by atoms with Crippen LogP contribution in [0.4, 0.5) is 0 Å². The van der Waals surface area contributed by atoms with Crippen molar-refractivity contribution < 1.29 is 9.53 Å². The van der Waals surface area contributed by atoms with E-state index in [0.717, 1.165) is 38.5 Å². The maximum Gasteiger partial charge on any atom is 0.255 e. The van der Waals surface area contributed by atoms with E-state index < -0.39 is 0 Å². The Hall–Kier alpha value is -2.44. The third-order valence-electron chi connectivity index (χ3n) is 4.02. The summed E-state index contributed by atoms with van der Waals surface area (Å²) in [6.07, 6.45) is 1.59. The number of nitrogens with zero attached hydrogens (tertiary/aromatic N) is 2. The molecule has 6 nitrogen and oxygen atoms in total. The number of rotatable bonds is 5. The topological polar surface area (TPSA) is 63.6 Å². The molecule has 126 valence electrons. The van der Waals surface area contributed by atoms with Gasteiger partial charge in [-0.3, -0.25) is 19.1 Å². The van der Waals surface area contributed by atoms with Crippen molar-refractivity contribution in [3.8, 4) is 5.69 Å². The molecule has 1 aliphatic rings. The smallest absolute Gasteiger partial charge is 0.255 e. The van der Waals surface area contributed by atoms with Crippen LogP contribution in [-0.2, 0) is 4.74 Å². The molecule has 0 atom stereocenters. The highest BCUT2D eigenvalue weighted by molar-refractivity contribution is 5.93. The minimum absolute atomic E-state index is 0.161. The normalized spacial score (nSPS) is 15.2. The molecule has 0 spiro atoms. The second-order valence-electron chi connectivity index (χ2n) is 5.67. The van der Waals surface area contributed by atoms with Crippen molar-refractivity contribution in [3.63, 3.8) is 0 Å². The van der Waals surface area contributed by atoms with Crippen LogP contribution in [0.1, 0.15) is 10.4 Å². The molecule has 0 aliphatic carbocycles. The van der Waals surface area contributed by atoms with Gasteiger partial charge in [0.05, 0.1) is 18.8 Å². The highest BCUT2D eigenvalue weighted by atomic mass is 16.5. The van der Waals surface area contributed by atoms with Crippen molar-refractivity contribution in [2.75, 3.05) is 39.4 Å². The highest BCUT2D eigenvalue weighted by Crippen LogP contribution is 2.06. The van der Waals surface area contributed by atoms with Gasteiger partial charge in [-0.25, -0.2) is 0 Å². The number of aromatic nitrogens is 1. The number of ether oxygens (including phenoxy) is 1. The fourth-order valence-electron chi connectivity index (χ4n) is 2.67. The molecule has 0 unspecified atom stereocenters. The van der Waals surface area contributed by atoms with Gasteiger partial charge in [0.2, 0.25) is 0 Å². The van der Waals surface area contributed by atoms with Gasteiger partial charge in [-0.1, -0.05) is 18.2 Å². The molecule has 1 fully saturated rings. The molecule has 0 bridgehead atoms. The first-order valence-electron chi connectivity index (χ1n) is 8.10. The van der Waals surface area contributed by atoms with E-state index in [-0.39, 0.29) is 11.5 Å². The lowest BCUT2D eigenvalue weighted by molar-refractivity contribution is 0.0383. The van der Waals surface area contributed by atoms with Crippen molar-refractivity contribution >= 4 is 5.91 Å². The molecule has 1 aromatic heterocycles. The van der Waals surface area contributed by atoms with Gasteiger partial charge in [-0.15, -0.1) is 0 Å². The van der Waals surface area contributed by atoms with E-state index in [0.29, 0.717) is 12.1 Å². The summed E-state index contributed by atoms with van der Waals surface area (Å²) in [6, 6.07) is 12.3. The number of carbonyl (C=O) groups is 1. The summed E-state index contributed by atoms with van der Waals surface area (Å²) in [7, 11) is 0. The molecule has 0 saturated carbocycles. The zero-order valence-corrected chi connectivity index (χ0v) is 13.5. The number of morpholine rings is 1. The number of para-hydroxylation sites is 1. The summed E-state index contributed by atoms with van der Waals surface area (Å²) in [6.45, 7) is 4.66. The van der Waals surface area contributed by atoms with Gasteiger partial charge in [0.15, 0.2) is 0 Å². The third-order valence-corrected chi connectivity index (χ3v) is 4.02. The van der Waals surface area contributed by atoms with E-state index in [1.807, 2.05) is 30.3 Å². The molecule has 1 aliphatic heterocycles. The average Bonchev–Trinajstić information content (AvgIpc) is 2.63. The summed E-state index contributed by atoms with van der Waals surface area (Å²) in [5.74, 6) is -0.173. The van der Waals surface area contributed by atoms with E-state index in [1.165, 1.54) is 10.6 Å². The van der Waals surface area contributed by atoms with Crippen LogP contribution in [0.5, 0.6) is 0 Å². The van der Waals surface area contributed by atoms with E-state index in [1.54, 1.807) is 12.3 Å². The monoisotopic (exact) mass is 327 g/mol. The number of pyridine rings is 1. The van der Waals surface area contributed by atoms with E-state index in [9.17, 15) is 9.59 Å². The predicted molar refractivity (Wildman–Crippen MR) is 91.6 cm³/mol. The van der Waals surface area contributed by atoms with Crippen LogP contribution >= 0.6 is 0 Å². The van der Waals surface area contributed by atoms with Crippen molar-refractivity contribution in [2.24, 2.45) is 0 Å². The zero-order chi connectivity index (χ0) is 16.8. The predicted octanol–water partition coefficient (Wildman–Crippen LogP) is 0.900. The summed E-state index contributed by atoms with van der Waals surface area (Å²) in [4.78, 5) is 26.6. The number of hydrogen-bond donors (Lipinski definition) is 1. The lowest BCUT2D eigenvalue weighted by Gasteiger charge is -2.26. The molecule has 6 heteroatoms. The summed E-state index contributed by atoms with van der Waals surface area (Å²) in [5.41, 5.74) is 1.05. The molecule has 3 rings (SSSR count). The second kappa shape index (κ2) is 7.90. The Labute approximate surface area is 140 Å². The van der Waals surface area contributed by atoms with E-state index in [2.05, 4.69) is 10.2 Å². The maximum atomic E-state index is 12.3. The van der Waals surface area contributed by atoms with Crippen LogP contribution in [0.25, 0.3) is 5.69 Å². The number of hydrogen-bond acceptors (Lipinski definition) is 4. The van der Waals surface area contributed by atoms with Crippen molar-refractivity contribution in [3.05, 3.63) is 64.6 Å². The molecular formula is C18H21N3O3. The lowest BCUT2D eigenvalue weighted by atomic mass is 10.2. The molecule has 0 radical (unpaired) electrons. The largest absolute Gasteiger partial charge is 0.379 e. The summed E-state index contributed by atoms with van der Waals surface area (Å²) >= 11 is 0. The Morgan fingerprint density at radius 1 is 1.08 bits per heavy atom. The standard InChI is InChI=1S/C18H21N3O3/c22-17-7-6-15(14-21(17)16-4-2-1-3-5-16)18(23)19-8-9-20-10-12-24-13-11-20/h1-7,14H,8-13H2,(H,19,23). The van der Waals surface area contributed by atoms with Crippen LogP contribution in [0.3, 0.4) is 0 Å². The van der Waals surface area contributed by atoms with E-state index >= 15 is 0 Å². The lowest BCUT2D eigenvalue weighted by Crippen LogP contribution is -2.41. The van der Waals surface area contributed by atoms with Crippen molar-refractivity contribution in [1.29, 1.82) is 0 Å². The highest BCUT2D eigenvalue weighted by Gasteiger charge is 2.12.